The van der Waals surface area contributed by atoms with Gasteiger partial charge in [-0.25, -0.2) is 0 Å². The SMILES string of the molecule is CCNC(=O)c1ccc(NCC2(C(=O)O)CCCC2)nn1. The predicted molar refractivity (Wildman–Crippen MR) is 77.1 cm³/mol. The number of anilines is 1. The lowest BCUT2D eigenvalue weighted by molar-refractivity contribution is -0.147. The first kappa shape index (κ1) is 15.2. The molecule has 0 radical (unpaired) electrons. The number of carboxylic acids is 1. The summed E-state index contributed by atoms with van der Waals surface area (Å²) in [7, 11) is 0. The third-order valence-electron chi connectivity index (χ3n) is 3.86. The molecular weight excluding hydrogens is 272 g/mol. The summed E-state index contributed by atoms with van der Waals surface area (Å²) in [6.07, 6.45) is 3.24. The van der Waals surface area contributed by atoms with Crippen molar-refractivity contribution in [2.45, 2.75) is 32.6 Å². The lowest BCUT2D eigenvalue weighted by Crippen LogP contribution is -2.35. The Kier molecular flexibility index (Phi) is 4.72. The molecule has 0 saturated heterocycles. The topological polar surface area (TPSA) is 104 Å². The van der Waals surface area contributed by atoms with E-state index in [1.54, 1.807) is 12.1 Å². The maximum absolute atomic E-state index is 11.6. The van der Waals surface area contributed by atoms with Gasteiger partial charge in [0.15, 0.2) is 5.69 Å². The van der Waals surface area contributed by atoms with Crippen LogP contribution in [0, 0.1) is 5.41 Å². The molecule has 1 fully saturated rings. The van der Waals surface area contributed by atoms with Crippen LogP contribution in [0.1, 0.15) is 43.1 Å². The fourth-order valence-electron chi connectivity index (χ4n) is 2.58. The Labute approximate surface area is 123 Å². The van der Waals surface area contributed by atoms with E-state index < -0.39 is 11.4 Å². The van der Waals surface area contributed by atoms with Crippen LogP contribution in [0.2, 0.25) is 0 Å². The maximum Gasteiger partial charge on any atom is 0.311 e. The van der Waals surface area contributed by atoms with Crippen molar-refractivity contribution in [3.05, 3.63) is 17.8 Å². The molecule has 0 spiro atoms. The highest BCUT2D eigenvalue weighted by molar-refractivity contribution is 5.92. The third-order valence-corrected chi connectivity index (χ3v) is 3.86. The van der Waals surface area contributed by atoms with Crippen molar-refractivity contribution in [3.63, 3.8) is 0 Å². The largest absolute Gasteiger partial charge is 0.481 e. The van der Waals surface area contributed by atoms with E-state index in [1.165, 1.54) is 0 Å². The number of carbonyl (C=O) groups is 2. The Morgan fingerprint density at radius 3 is 2.52 bits per heavy atom. The number of hydrogen-bond acceptors (Lipinski definition) is 5. The fourth-order valence-corrected chi connectivity index (χ4v) is 2.58. The number of carbonyl (C=O) groups excluding carboxylic acids is 1. The predicted octanol–water partition coefficient (Wildman–Crippen LogP) is 1.28. The summed E-state index contributed by atoms with van der Waals surface area (Å²) in [5.74, 6) is -0.552. The maximum atomic E-state index is 11.6. The van der Waals surface area contributed by atoms with Gasteiger partial charge in [-0.15, -0.1) is 10.2 Å². The Morgan fingerprint density at radius 2 is 2.00 bits per heavy atom. The van der Waals surface area contributed by atoms with Crippen LogP contribution in [0.4, 0.5) is 5.82 Å². The smallest absolute Gasteiger partial charge is 0.311 e. The number of nitrogens with one attached hydrogen (secondary N) is 2. The average molecular weight is 292 g/mol. The van der Waals surface area contributed by atoms with Gasteiger partial charge in [-0.3, -0.25) is 9.59 Å². The van der Waals surface area contributed by atoms with E-state index in [0.717, 1.165) is 12.8 Å². The van der Waals surface area contributed by atoms with Crippen LogP contribution in [0.15, 0.2) is 12.1 Å². The van der Waals surface area contributed by atoms with Gasteiger partial charge in [-0.2, -0.15) is 0 Å². The van der Waals surface area contributed by atoms with Gasteiger partial charge >= 0.3 is 5.97 Å². The van der Waals surface area contributed by atoms with Crippen molar-refractivity contribution < 1.29 is 14.7 Å². The van der Waals surface area contributed by atoms with Gasteiger partial charge in [0.25, 0.3) is 5.91 Å². The lowest BCUT2D eigenvalue weighted by Gasteiger charge is -2.24. The minimum absolute atomic E-state index is 0.246. The summed E-state index contributed by atoms with van der Waals surface area (Å²) < 4.78 is 0. The van der Waals surface area contributed by atoms with E-state index in [9.17, 15) is 14.7 Å². The molecule has 1 heterocycles. The van der Waals surface area contributed by atoms with Crippen LogP contribution in [0.25, 0.3) is 0 Å². The van der Waals surface area contributed by atoms with Gasteiger partial charge in [-0.05, 0) is 31.9 Å². The molecule has 1 aliphatic carbocycles. The highest BCUT2D eigenvalue weighted by Gasteiger charge is 2.41. The second kappa shape index (κ2) is 6.51. The number of aromatic nitrogens is 2. The lowest BCUT2D eigenvalue weighted by atomic mass is 9.86. The summed E-state index contributed by atoms with van der Waals surface area (Å²) in [6.45, 7) is 2.69. The standard InChI is InChI=1S/C14H20N4O3/c1-2-15-12(19)10-5-6-11(18-17-10)16-9-14(13(20)21)7-3-4-8-14/h5-6H,2-4,7-9H2,1H3,(H,15,19)(H,16,18)(H,20,21). The molecule has 1 aliphatic rings. The molecule has 2 rings (SSSR count). The monoisotopic (exact) mass is 292 g/mol. The van der Waals surface area contributed by atoms with E-state index in [2.05, 4.69) is 20.8 Å². The number of amides is 1. The van der Waals surface area contributed by atoms with Crippen molar-refractivity contribution in [2.75, 3.05) is 18.4 Å². The highest BCUT2D eigenvalue weighted by Crippen LogP contribution is 2.38. The zero-order valence-electron chi connectivity index (χ0n) is 12.1. The van der Waals surface area contributed by atoms with Crippen molar-refractivity contribution in [1.29, 1.82) is 0 Å². The molecule has 0 bridgehead atoms. The molecule has 1 amide bonds. The highest BCUT2D eigenvalue weighted by atomic mass is 16.4. The fraction of sp³-hybridized carbons (Fsp3) is 0.571. The van der Waals surface area contributed by atoms with Crippen LogP contribution in [-0.4, -0.2) is 40.3 Å². The molecule has 3 N–H and O–H groups in total. The minimum Gasteiger partial charge on any atom is -0.481 e. The molecule has 0 aromatic carbocycles. The van der Waals surface area contributed by atoms with E-state index in [1.807, 2.05) is 6.92 Å². The molecule has 1 saturated carbocycles. The molecule has 0 unspecified atom stereocenters. The summed E-state index contributed by atoms with van der Waals surface area (Å²) in [5, 5.41) is 22.8. The quantitative estimate of drug-likeness (QED) is 0.729. The Hall–Kier alpha value is -2.18. The summed E-state index contributed by atoms with van der Waals surface area (Å²) in [5.41, 5.74) is -0.462. The Balaban J connectivity index is 1.97. The molecule has 7 nitrogen and oxygen atoms in total. The van der Waals surface area contributed by atoms with Crippen LogP contribution < -0.4 is 10.6 Å². The minimum atomic E-state index is -0.764. The number of carboxylic acid groups (broad SMARTS) is 1. The Bertz CT molecular complexity index is 509. The second-order valence-electron chi connectivity index (χ2n) is 5.31. The Morgan fingerprint density at radius 1 is 1.29 bits per heavy atom. The van der Waals surface area contributed by atoms with Crippen LogP contribution in [0.3, 0.4) is 0 Å². The number of aliphatic carboxylic acids is 1. The second-order valence-corrected chi connectivity index (χ2v) is 5.31. The van der Waals surface area contributed by atoms with Crippen molar-refractivity contribution in [2.24, 2.45) is 5.41 Å². The third kappa shape index (κ3) is 3.48. The number of rotatable bonds is 6. The van der Waals surface area contributed by atoms with E-state index in [-0.39, 0.29) is 11.6 Å². The first-order valence-corrected chi connectivity index (χ1v) is 7.16. The van der Waals surface area contributed by atoms with E-state index in [4.69, 9.17) is 0 Å². The first-order chi connectivity index (χ1) is 10.1. The molecule has 7 heteroatoms. The van der Waals surface area contributed by atoms with Crippen LogP contribution >= 0.6 is 0 Å². The van der Waals surface area contributed by atoms with E-state index in [0.29, 0.717) is 31.7 Å². The van der Waals surface area contributed by atoms with Gasteiger partial charge in [0.05, 0.1) is 5.41 Å². The molecule has 21 heavy (non-hydrogen) atoms. The van der Waals surface area contributed by atoms with E-state index >= 15 is 0 Å². The van der Waals surface area contributed by atoms with Crippen LogP contribution in [0.5, 0.6) is 0 Å². The number of hydrogen-bond donors (Lipinski definition) is 3. The van der Waals surface area contributed by atoms with Gasteiger partial charge in [0.2, 0.25) is 0 Å². The molecule has 1 aromatic heterocycles. The van der Waals surface area contributed by atoms with Crippen molar-refractivity contribution in [1.82, 2.24) is 15.5 Å². The molecular formula is C14H20N4O3. The molecule has 1 aromatic rings. The van der Waals surface area contributed by atoms with Crippen LogP contribution in [-0.2, 0) is 4.79 Å². The zero-order valence-corrected chi connectivity index (χ0v) is 12.1. The average Bonchev–Trinajstić information content (AvgIpc) is 2.96. The molecule has 0 aliphatic heterocycles. The zero-order chi connectivity index (χ0) is 15.3. The van der Waals surface area contributed by atoms with Gasteiger partial charge in [-0.1, -0.05) is 12.8 Å². The molecule has 0 atom stereocenters. The molecule has 114 valence electrons. The summed E-state index contributed by atoms with van der Waals surface area (Å²) in [4.78, 5) is 23.0. The van der Waals surface area contributed by atoms with Crippen molar-refractivity contribution in [3.8, 4) is 0 Å². The first-order valence-electron chi connectivity index (χ1n) is 7.16. The van der Waals surface area contributed by atoms with Gasteiger partial charge in [0.1, 0.15) is 5.82 Å². The van der Waals surface area contributed by atoms with Gasteiger partial charge < -0.3 is 15.7 Å². The number of nitrogens with zero attached hydrogens (tertiary/aromatic N) is 2. The summed E-state index contributed by atoms with van der Waals surface area (Å²) in [6, 6.07) is 3.21. The normalized spacial score (nSPS) is 16.4. The van der Waals surface area contributed by atoms with Gasteiger partial charge in [0, 0.05) is 13.1 Å². The van der Waals surface area contributed by atoms with Crippen molar-refractivity contribution >= 4 is 17.7 Å². The summed E-state index contributed by atoms with van der Waals surface area (Å²) >= 11 is 0.